The minimum Gasteiger partial charge on any atom is -0.329 e. The predicted molar refractivity (Wildman–Crippen MR) is 73.9 cm³/mol. The number of nitrogens with one attached hydrogen (secondary N) is 1. The first-order valence-electron chi connectivity index (χ1n) is 6.02. The lowest BCUT2D eigenvalue weighted by Gasteiger charge is -2.29. The van der Waals surface area contributed by atoms with Gasteiger partial charge in [0.05, 0.1) is 16.1 Å². The minimum absolute atomic E-state index is 0.127. The molecular weight excluding hydrogens is 273 g/mol. The van der Waals surface area contributed by atoms with Gasteiger partial charge >= 0.3 is 0 Å². The number of rotatable bonds is 1. The van der Waals surface area contributed by atoms with E-state index in [0.717, 1.165) is 31.4 Å². The normalized spacial score (nSPS) is 16.4. The minimum atomic E-state index is -0.425. The van der Waals surface area contributed by atoms with E-state index in [-0.39, 0.29) is 5.02 Å². The summed E-state index contributed by atoms with van der Waals surface area (Å²) in [5.74, 6) is -0.425. The van der Waals surface area contributed by atoms with Gasteiger partial charge in [0.2, 0.25) is 0 Å². The van der Waals surface area contributed by atoms with E-state index in [1.807, 2.05) is 4.68 Å². The summed E-state index contributed by atoms with van der Waals surface area (Å²) in [7, 11) is 0. The van der Waals surface area contributed by atoms with Crippen LogP contribution in [0.25, 0.3) is 11.0 Å². The van der Waals surface area contributed by atoms with Gasteiger partial charge in [-0.05, 0) is 37.5 Å². The molecule has 1 aromatic heterocycles. The second-order valence-corrected chi connectivity index (χ2v) is 5.33. The number of fused-ring (bicyclic) bond motifs is 1. The Bertz CT molecular complexity index is 643. The van der Waals surface area contributed by atoms with Crippen molar-refractivity contribution in [2.24, 2.45) is 0 Å². The van der Waals surface area contributed by atoms with Crippen molar-refractivity contribution in [1.82, 2.24) is 9.66 Å². The van der Waals surface area contributed by atoms with Crippen LogP contribution in [0.15, 0.2) is 12.1 Å². The third kappa shape index (κ3) is 1.91. The van der Waals surface area contributed by atoms with Gasteiger partial charge in [0.15, 0.2) is 4.77 Å². The molecule has 1 aliphatic rings. The van der Waals surface area contributed by atoms with Gasteiger partial charge in [0, 0.05) is 19.2 Å². The second-order valence-electron chi connectivity index (χ2n) is 4.54. The molecule has 18 heavy (non-hydrogen) atoms. The van der Waals surface area contributed by atoms with Crippen LogP contribution in [-0.4, -0.2) is 22.7 Å². The molecule has 1 N–H and O–H groups in total. The maximum Gasteiger partial charge on any atom is 0.197 e. The van der Waals surface area contributed by atoms with Crippen LogP contribution in [-0.2, 0) is 0 Å². The van der Waals surface area contributed by atoms with Gasteiger partial charge in [0.1, 0.15) is 5.82 Å². The average Bonchev–Trinajstić information content (AvgIpc) is 2.66. The first-order valence-corrected chi connectivity index (χ1v) is 6.80. The summed E-state index contributed by atoms with van der Waals surface area (Å²) in [6.07, 6.45) is 3.56. The number of aromatic nitrogens is 2. The van der Waals surface area contributed by atoms with Gasteiger partial charge in [-0.1, -0.05) is 11.6 Å². The number of hydrogen-bond donors (Lipinski definition) is 1. The van der Waals surface area contributed by atoms with Gasteiger partial charge in [-0.3, -0.25) is 0 Å². The van der Waals surface area contributed by atoms with Crippen LogP contribution >= 0.6 is 23.8 Å². The van der Waals surface area contributed by atoms with E-state index in [2.05, 4.69) is 9.99 Å². The third-order valence-electron chi connectivity index (χ3n) is 3.32. The van der Waals surface area contributed by atoms with Crippen LogP contribution in [0.1, 0.15) is 19.3 Å². The highest BCUT2D eigenvalue weighted by Gasteiger charge is 2.16. The lowest BCUT2D eigenvalue weighted by atomic mass is 10.2. The van der Waals surface area contributed by atoms with Crippen molar-refractivity contribution in [3.63, 3.8) is 0 Å². The third-order valence-corrected chi connectivity index (χ3v) is 3.88. The smallest absolute Gasteiger partial charge is 0.197 e. The highest BCUT2D eigenvalue weighted by Crippen LogP contribution is 2.24. The van der Waals surface area contributed by atoms with Gasteiger partial charge in [0.25, 0.3) is 0 Å². The molecule has 0 radical (unpaired) electrons. The summed E-state index contributed by atoms with van der Waals surface area (Å²) in [5, 5.41) is 2.32. The molecule has 3 rings (SSSR count). The van der Waals surface area contributed by atoms with E-state index in [4.69, 9.17) is 23.8 Å². The monoisotopic (exact) mass is 285 g/mol. The molecule has 0 aliphatic carbocycles. The van der Waals surface area contributed by atoms with Crippen LogP contribution in [0.3, 0.4) is 0 Å². The van der Waals surface area contributed by atoms with Crippen molar-refractivity contribution in [3.8, 4) is 0 Å². The molecule has 6 heteroatoms. The zero-order chi connectivity index (χ0) is 12.7. The predicted octanol–water partition coefficient (Wildman–Crippen LogP) is 3.61. The lowest BCUT2D eigenvalue weighted by molar-refractivity contribution is 0.482. The number of nitrogens with zero attached hydrogens (tertiary/aromatic N) is 2. The van der Waals surface area contributed by atoms with Crippen molar-refractivity contribution >= 4 is 34.9 Å². The van der Waals surface area contributed by atoms with Gasteiger partial charge in [-0.15, -0.1) is 0 Å². The standard InChI is InChI=1S/C12H13ClFN3S/c13-8-6-11-10(7-9(8)14)15-12(18)17(11)16-4-2-1-3-5-16/h6-7H,1-5H2,(H,15,18). The molecule has 96 valence electrons. The summed E-state index contributed by atoms with van der Waals surface area (Å²) in [6, 6.07) is 3.03. The van der Waals surface area contributed by atoms with Crippen LogP contribution in [0.4, 0.5) is 4.39 Å². The number of imidazole rings is 1. The first kappa shape index (κ1) is 12.0. The Hall–Kier alpha value is -1.07. The highest BCUT2D eigenvalue weighted by molar-refractivity contribution is 7.71. The topological polar surface area (TPSA) is 24.0 Å². The van der Waals surface area contributed by atoms with E-state index in [1.165, 1.54) is 12.5 Å². The van der Waals surface area contributed by atoms with Crippen LogP contribution in [0.2, 0.25) is 5.02 Å². The molecule has 0 amide bonds. The molecule has 1 saturated heterocycles. The summed E-state index contributed by atoms with van der Waals surface area (Å²) in [4.78, 5) is 3.03. The van der Waals surface area contributed by atoms with Gasteiger partial charge in [-0.25, -0.2) is 9.07 Å². The second kappa shape index (κ2) is 4.55. The number of piperidine rings is 1. The fraction of sp³-hybridized carbons (Fsp3) is 0.417. The molecule has 1 aliphatic heterocycles. The van der Waals surface area contributed by atoms with E-state index >= 15 is 0 Å². The molecule has 0 atom stereocenters. The largest absolute Gasteiger partial charge is 0.329 e. The Morgan fingerprint density at radius 1 is 1.22 bits per heavy atom. The molecule has 0 spiro atoms. The van der Waals surface area contributed by atoms with E-state index in [0.29, 0.717) is 10.3 Å². The number of aromatic amines is 1. The fourth-order valence-electron chi connectivity index (χ4n) is 2.45. The summed E-state index contributed by atoms with van der Waals surface area (Å²) < 4.78 is 16.0. The Kier molecular flexibility index (Phi) is 3.03. The van der Waals surface area contributed by atoms with E-state index in [1.54, 1.807) is 6.07 Å². The molecule has 2 heterocycles. The van der Waals surface area contributed by atoms with Crippen molar-refractivity contribution < 1.29 is 4.39 Å². The summed E-state index contributed by atoms with van der Waals surface area (Å²) in [5.41, 5.74) is 1.53. The molecule has 0 unspecified atom stereocenters. The quantitative estimate of drug-likeness (QED) is 0.809. The zero-order valence-electron chi connectivity index (χ0n) is 9.75. The Morgan fingerprint density at radius 3 is 2.67 bits per heavy atom. The van der Waals surface area contributed by atoms with Crippen molar-refractivity contribution in [3.05, 3.63) is 27.7 Å². The number of hydrogen-bond acceptors (Lipinski definition) is 2. The molecule has 3 nitrogen and oxygen atoms in total. The number of benzene rings is 1. The summed E-state index contributed by atoms with van der Waals surface area (Å²) >= 11 is 11.2. The summed E-state index contributed by atoms with van der Waals surface area (Å²) in [6.45, 7) is 1.94. The molecule has 1 fully saturated rings. The average molecular weight is 286 g/mol. The number of halogens is 2. The number of H-pyrrole nitrogens is 1. The van der Waals surface area contributed by atoms with Crippen molar-refractivity contribution in [2.75, 3.05) is 18.1 Å². The van der Waals surface area contributed by atoms with Gasteiger partial charge < -0.3 is 9.99 Å². The molecule has 0 saturated carbocycles. The maximum atomic E-state index is 13.4. The fourth-order valence-corrected chi connectivity index (χ4v) is 2.93. The Balaban J connectivity index is 2.18. The highest BCUT2D eigenvalue weighted by atomic mass is 35.5. The van der Waals surface area contributed by atoms with E-state index in [9.17, 15) is 4.39 Å². The van der Waals surface area contributed by atoms with Gasteiger partial charge in [-0.2, -0.15) is 0 Å². The molecule has 2 aromatic rings. The lowest BCUT2D eigenvalue weighted by Crippen LogP contribution is -2.39. The molecule has 1 aromatic carbocycles. The van der Waals surface area contributed by atoms with Crippen molar-refractivity contribution in [2.45, 2.75) is 19.3 Å². The molecular formula is C12H13ClFN3S. The Morgan fingerprint density at radius 2 is 1.94 bits per heavy atom. The van der Waals surface area contributed by atoms with Crippen LogP contribution in [0, 0.1) is 10.6 Å². The first-order chi connectivity index (χ1) is 8.66. The molecule has 0 bridgehead atoms. The SMILES string of the molecule is Fc1cc2[nH]c(=S)n(N3CCCCC3)c2cc1Cl. The van der Waals surface area contributed by atoms with Crippen molar-refractivity contribution in [1.29, 1.82) is 0 Å². The maximum absolute atomic E-state index is 13.4. The zero-order valence-corrected chi connectivity index (χ0v) is 11.3. The van der Waals surface area contributed by atoms with Crippen LogP contribution in [0.5, 0.6) is 0 Å². The van der Waals surface area contributed by atoms with Crippen LogP contribution < -0.4 is 5.01 Å². The van der Waals surface area contributed by atoms with E-state index < -0.39 is 5.82 Å². The Labute approximate surface area is 114 Å².